The monoisotopic (exact) mass is 1220 g/mol. The number of nitrogens with zero attached hydrogens (tertiary/aromatic N) is 4. The number of hydrogen-bond acceptors (Lipinski definition) is 20. The van der Waals surface area contributed by atoms with Gasteiger partial charge in [-0.05, 0) is 23.7 Å². The number of hydrogen-bond donors (Lipinski definition) is 8. The van der Waals surface area contributed by atoms with Gasteiger partial charge in [-0.2, -0.15) is 0 Å². The van der Waals surface area contributed by atoms with Crippen LogP contribution >= 0.6 is 29.5 Å². The first-order chi connectivity index (χ1) is 37.0. The first-order valence-corrected chi connectivity index (χ1v) is 34.7. The van der Waals surface area contributed by atoms with E-state index >= 15 is 0 Å². The highest BCUT2D eigenvalue weighted by Gasteiger charge is 2.35. The average molecular weight is 1230 g/mol. The van der Waals surface area contributed by atoms with Gasteiger partial charge in [-0.15, -0.1) is 0 Å². The molecule has 28 nitrogen and oxygen atoms in total. The second-order valence-electron chi connectivity index (χ2n) is 21.6. The molecule has 1 saturated heterocycles. The van der Waals surface area contributed by atoms with Gasteiger partial charge in [0.25, 0.3) is 0 Å². The standard InChI is InChI=1S/C48H92N8O20P4/c1-33(2)41(45(61)73-9)49-37(57)13-25-77(65,66)29-53-17-19-54(30-78(67,68)26-14-38(58)50-42(34(3)4)46(62)74-10)21-23-56(32-80(71,72)28-16-40(60)52-44(36(7)8)48(64)76-12)24-22-55(20-18-53)31-79(69,70)27-15-39(59)51-43(35(5)6)47(63)75-11/h33-36,41-44H,13-32H2,1-12H3,(H,49,57)(H,50,58)(H,51,59)(H,52,60)(H,65,66)(H,67,68)(H,69,70)(H,71,72). The summed E-state index contributed by atoms with van der Waals surface area (Å²) in [6.45, 7) is 12.8. The van der Waals surface area contributed by atoms with Crippen molar-refractivity contribution in [1.29, 1.82) is 0 Å². The van der Waals surface area contributed by atoms with Crippen LogP contribution in [0.3, 0.4) is 0 Å². The van der Waals surface area contributed by atoms with Crippen LogP contribution in [-0.4, -0.2) is 241 Å². The van der Waals surface area contributed by atoms with Gasteiger partial charge in [0.1, 0.15) is 24.2 Å². The number of carbonyl (C=O) groups is 8. The van der Waals surface area contributed by atoms with Crippen molar-refractivity contribution in [2.24, 2.45) is 23.7 Å². The zero-order chi connectivity index (χ0) is 61.3. The van der Waals surface area contributed by atoms with Gasteiger partial charge in [-0.25, -0.2) is 19.2 Å². The summed E-state index contributed by atoms with van der Waals surface area (Å²) >= 11 is 0. The van der Waals surface area contributed by atoms with Gasteiger partial charge in [0.15, 0.2) is 0 Å². The summed E-state index contributed by atoms with van der Waals surface area (Å²) in [4.78, 5) is 153. The van der Waals surface area contributed by atoms with Crippen LogP contribution in [0.5, 0.6) is 0 Å². The van der Waals surface area contributed by atoms with Crippen LogP contribution in [0.1, 0.15) is 81.1 Å². The van der Waals surface area contributed by atoms with Crippen molar-refractivity contribution in [3.8, 4) is 0 Å². The Bertz CT molecular complexity index is 1940. The fourth-order valence-corrected chi connectivity index (χ4v) is 14.7. The minimum Gasteiger partial charge on any atom is -0.467 e. The van der Waals surface area contributed by atoms with Crippen LogP contribution in [0, 0.1) is 23.7 Å². The number of methoxy groups -OCH3 is 4. The third kappa shape index (κ3) is 29.6. The molecule has 0 aromatic heterocycles. The quantitative estimate of drug-likeness (QED) is 0.0264. The van der Waals surface area contributed by atoms with Crippen LogP contribution in [0.4, 0.5) is 0 Å². The molecule has 1 heterocycles. The zero-order valence-electron chi connectivity index (χ0n) is 48.7. The Morgan fingerprint density at radius 2 is 0.500 bits per heavy atom. The number of amides is 4. The molecule has 0 aromatic carbocycles. The number of carbonyl (C=O) groups excluding carboxylic acids is 8. The van der Waals surface area contributed by atoms with E-state index in [1.807, 2.05) is 0 Å². The molecule has 32 heteroatoms. The first kappa shape index (κ1) is 74.4. The van der Waals surface area contributed by atoms with Gasteiger partial charge in [0.2, 0.25) is 53.1 Å². The van der Waals surface area contributed by atoms with E-state index in [1.54, 1.807) is 75.0 Å². The van der Waals surface area contributed by atoms with E-state index in [-0.39, 0.29) is 76.0 Å². The largest absolute Gasteiger partial charge is 0.467 e. The molecule has 0 spiro atoms. The van der Waals surface area contributed by atoms with Crippen molar-refractivity contribution in [3.05, 3.63) is 0 Å². The Balaban J connectivity index is 3.72. The Kier molecular flexibility index (Phi) is 33.0. The number of esters is 4. The summed E-state index contributed by atoms with van der Waals surface area (Å²) in [7, 11) is -12.4. The third-order valence-electron chi connectivity index (χ3n) is 13.1. The van der Waals surface area contributed by atoms with Gasteiger partial charge in [-0.1, -0.05) is 55.4 Å². The Morgan fingerprint density at radius 3 is 0.625 bits per heavy atom. The van der Waals surface area contributed by atoms with E-state index in [9.17, 15) is 76.2 Å². The SMILES string of the molecule is COC(=O)C(NC(=O)CCP(=O)(O)CN1CCN(CP(=O)(O)CCC(=O)NC(C(=O)OC)C(C)C)CCN(CP(=O)(O)CCC(=O)NC(C(=O)OC)C(C)C)CCN(CP(=O)(O)CCC(=O)NC(C(=O)OC)C(C)C)CC1)C(C)C. The fraction of sp³-hybridized carbons (Fsp3) is 0.833. The van der Waals surface area contributed by atoms with Crippen LogP contribution < -0.4 is 21.3 Å². The molecule has 0 aromatic rings. The van der Waals surface area contributed by atoms with Crippen LogP contribution in [-0.2, 0) is 75.6 Å². The smallest absolute Gasteiger partial charge is 0.328 e. The van der Waals surface area contributed by atoms with Crippen molar-refractivity contribution in [1.82, 2.24) is 40.9 Å². The van der Waals surface area contributed by atoms with Crippen molar-refractivity contribution in [2.45, 2.75) is 105 Å². The summed E-state index contributed by atoms with van der Waals surface area (Å²) in [5.74, 6) is -7.08. The molecule has 4 amide bonds. The maximum Gasteiger partial charge on any atom is 0.328 e. The van der Waals surface area contributed by atoms with Gasteiger partial charge >= 0.3 is 23.9 Å². The lowest BCUT2D eigenvalue weighted by Crippen LogP contribution is -2.47. The molecule has 1 fully saturated rings. The minimum atomic E-state index is -4.25. The second-order valence-corrected chi connectivity index (χ2v) is 31.3. The third-order valence-corrected chi connectivity index (χ3v) is 20.2. The minimum absolute atomic E-state index is 0.0806. The fourth-order valence-electron chi connectivity index (χ4n) is 8.26. The molecule has 464 valence electrons. The van der Waals surface area contributed by atoms with E-state index in [0.717, 1.165) is 28.4 Å². The lowest BCUT2D eigenvalue weighted by Gasteiger charge is -2.36. The van der Waals surface area contributed by atoms with Crippen LogP contribution in [0.25, 0.3) is 0 Å². The molecule has 1 rings (SSSR count). The molecular weight excluding hydrogens is 1130 g/mol. The zero-order valence-corrected chi connectivity index (χ0v) is 52.2. The van der Waals surface area contributed by atoms with Gasteiger partial charge in [-0.3, -0.25) is 57.0 Å². The molecule has 0 bridgehead atoms. The molecule has 1 aliphatic heterocycles. The van der Waals surface area contributed by atoms with Crippen LogP contribution in [0.2, 0.25) is 0 Å². The van der Waals surface area contributed by atoms with Gasteiger partial charge < -0.3 is 59.8 Å². The lowest BCUT2D eigenvalue weighted by atomic mass is 10.0. The Hall–Kier alpha value is -3.64. The van der Waals surface area contributed by atoms with E-state index in [1.165, 1.54) is 0 Å². The summed E-state index contributed by atoms with van der Waals surface area (Å²) in [5.41, 5.74) is 0. The van der Waals surface area contributed by atoms with Crippen molar-refractivity contribution in [2.75, 3.05) is 131 Å². The summed E-state index contributed by atoms with van der Waals surface area (Å²) < 4.78 is 75.0. The van der Waals surface area contributed by atoms with E-state index < -0.39 is 177 Å². The van der Waals surface area contributed by atoms with E-state index in [4.69, 9.17) is 18.9 Å². The van der Waals surface area contributed by atoms with Crippen molar-refractivity contribution in [3.63, 3.8) is 0 Å². The molecule has 0 saturated carbocycles. The molecular formula is C48H92N8O20P4. The molecule has 0 aliphatic carbocycles. The first-order valence-electron chi connectivity index (χ1n) is 26.6. The predicted molar refractivity (Wildman–Crippen MR) is 298 cm³/mol. The van der Waals surface area contributed by atoms with Crippen LogP contribution in [0.15, 0.2) is 0 Å². The average Bonchev–Trinajstić information content (AvgIpc) is 3.37. The molecule has 80 heavy (non-hydrogen) atoms. The normalized spacial score (nSPS) is 19.2. The summed E-state index contributed by atoms with van der Waals surface area (Å²) in [6.07, 6.45) is -6.06. The highest BCUT2D eigenvalue weighted by molar-refractivity contribution is 7.58. The molecule has 8 N–H and O–H groups in total. The topological polar surface area (TPSA) is 384 Å². The maximum atomic E-state index is 14.0. The molecule has 8 unspecified atom stereocenters. The number of ether oxygens (including phenoxy) is 4. The number of rotatable bonds is 32. The Morgan fingerprint density at radius 1 is 0.350 bits per heavy atom. The second kappa shape index (κ2) is 35.5. The summed E-state index contributed by atoms with van der Waals surface area (Å²) in [6, 6.07) is -4.10. The van der Waals surface area contributed by atoms with E-state index in [2.05, 4.69) is 21.3 Å². The predicted octanol–water partition coefficient (Wildman–Crippen LogP) is 0.935. The highest BCUT2D eigenvalue weighted by atomic mass is 31.2. The van der Waals surface area contributed by atoms with Crippen molar-refractivity contribution >= 4 is 77.0 Å². The van der Waals surface area contributed by atoms with Gasteiger partial charge in [0, 0.05) is 103 Å². The van der Waals surface area contributed by atoms with E-state index in [0.29, 0.717) is 0 Å². The molecule has 0 radical (unpaired) electrons. The maximum absolute atomic E-state index is 14.0. The van der Waals surface area contributed by atoms with Gasteiger partial charge in [0.05, 0.1) is 53.6 Å². The Labute approximate surface area is 471 Å². The lowest BCUT2D eigenvalue weighted by molar-refractivity contribution is -0.146. The summed E-state index contributed by atoms with van der Waals surface area (Å²) in [5, 5.41) is 10.1. The van der Waals surface area contributed by atoms with Crippen molar-refractivity contribution < 1.29 is 95.1 Å². The molecule has 8 atom stereocenters. The number of nitrogens with one attached hydrogen (secondary N) is 4. The highest BCUT2D eigenvalue weighted by Crippen LogP contribution is 2.45. The molecule has 1 aliphatic rings.